The number of fused-ring (bicyclic) bond motifs is 2. The number of benzene rings is 2. The van der Waals surface area contributed by atoms with E-state index in [9.17, 15) is 14.4 Å². The van der Waals surface area contributed by atoms with E-state index in [2.05, 4.69) is 16.3 Å². The van der Waals surface area contributed by atoms with Crippen LogP contribution in [0.25, 0.3) is 0 Å². The van der Waals surface area contributed by atoms with Crippen LogP contribution in [0.3, 0.4) is 0 Å². The Morgan fingerprint density at radius 1 is 1.03 bits per heavy atom. The molecule has 1 saturated carbocycles. The maximum Gasteiger partial charge on any atom is 0.255 e. The van der Waals surface area contributed by atoms with Gasteiger partial charge in [0.25, 0.3) is 5.91 Å². The highest BCUT2D eigenvalue weighted by Gasteiger charge is 2.47. The van der Waals surface area contributed by atoms with Crippen molar-refractivity contribution >= 4 is 23.4 Å². The van der Waals surface area contributed by atoms with Crippen molar-refractivity contribution in [2.24, 2.45) is 0 Å². The highest BCUT2D eigenvalue weighted by atomic mass is 16.2. The molecule has 0 spiro atoms. The van der Waals surface area contributed by atoms with Crippen molar-refractivity contribution < 1.29 is 14.4 Å². The van der Waals surface area contributed by atoms with E-state index < -0.39 is 6.04 Å². The predicted molar refractivity (Wildman–Crippen MR) is 117 cm³/mol. The predicted octanol–water partition coefficient (Wildman–Crippen LogP) is 1.94. The van der Waals surface area contributed by atoms with Gasteiger partial charge in [0.05, 0.1) is 6.54 Å². The molecule has 5 rings (SSSR count). The van der Waals surface area contributed by atoms with Gasteiger partial charge in [-0.15, -0.1) is 0 Å². The standard InChI is InChI=1S/C24H26N4O3/c1-26-12-13-27(15-16-6-2-5-9-20(16)26)21(29)14-25-23(30)22-18-7-3-4-8-19(18)24(31)28(22)17-10-11-17/h2-9,17,22H,10-15H2,1H3,(H,25,30). The fraction of sp³-hybridized carbons (Fsp3) is 0.375. The van der Waals surface area contributed by atoms with Gasteiger partial charge in [-0.25, -0.2) is 0 Å². The minimum Gasteiger partial charge on any atom is -0.373 e. The Morgan fingerprint density at radius 2 is 1.77 bits per heavy atom. The SMILES string of the molecule is CN1CCN(C(=O)CNC(=O)C2c3ccccc3C(=O)N2C2CC2)Cc2ccccc21. The molecule has 2 heterocycles. The number of likely N-dealkylation sites (N-methyl/N-ethyl adjacent to an activating group) is 1. The Morgan fingerprint density at radius 3 is 2.58 bits per heavy atom. The smallest absolute Gasteiger partial charge is 0.255 e. The van der Waals surface area contributed by atoms with Crippen molar-refractivity contribution in [3.63, 3.8) is 0 Å². The van der Waals surface area contributed by atoms with E-state index in [0.29, 0.717) is 18.7 Å². The van der Waals surface area contributed by atoms with E-state index in [1.807, 2.05) is 43.4 Å². The first-order valence-electron chi connectivity index (χ1n) is 10.8. The van der Waals surface area contributed by atoms with E-state index in [0.717, 1.165) is 36.2 Å². The Balaban J connectivity index is 1.28. The molecule has 0 bridgehead atoms. The van der Waals surface area contributed by atoms with Crippen LogP contribution in [0.5, 0.6) is 0 Å². The average Bonchev–Trinajstić information content (AvgIpc) is 3.60. The van der Waals surface area contributed by atoms with Gasteiger partial charge < -0.3 is 20.0 Å². The molecule has 1 aliphatic carbocycles. The fourth-order valence-corrected chi connectivity index (χ4v) is 4.61. The summed E-state index contributed by atoms with van der Waals surface area (Å²) in [5.41, 5.74) is 3.54. The number of anilines is 1. The molecule has 31 heavy (non-hydrogen) atoms. The molecule has 3 amide bonds. The number of carbonyl (C=O) groups is 3. The van der Waals surface area contributed by atoms with Crippen LogP contribution in [0.4, 0.5) is 5.69 Å². The van der Waals surface area contributed by atoms with Gasteiger partial charge >= 0.3 is 0 Å². The third kappa shape index (κ3) is 3.54. The highest BCUT2D eigenvalue weighted by molar-refractivity contribution is 6.05. The Labute approximate surface area is 181 Å². The number of amides is 3. The van der Waals surface area contributed by atoms with E-state index in [1.165, 1.54) is 0 Å². The van der Waals surface area contributed by atoms with Crippen LogP contribution in [0.2, 0.25) is 0 Å². The number of nitrogens with zero attached hydrogens (tertiary/aromatic N) is 3. The lowest BCUT2D eigenvalue weighted by molar-refractivity contribution is -0.134. The molecule has 2 aliphatic heterocycles. The molecule has 3 aliphatic rings. The van der Waals surface area contributed by atoms with Crippen molar-refractivity contribution in [2.75, 3.05) is 31.6 Å². The molecular formula is C24H26N4O3. The third-order valence-corrected chi connectivity index (χ3v) is 6.42. The van der Waals surface area contributed by atoms with Gasteiger partial charge in [-0.1, -0.05) is 36.4 Å². The van der Waals surface area contributed by atoms with E-state index in [1.54, 1.807) is 15.9 Å². The first-order chi connectivity index (χ1) is 15.0. The molecule has 1 unspecified atom stereocenters. The van der Waals surface area contributed by atoms with Gasteiger partial charge in [-0.05, 0) is 36.1 Å². The van der Waals surface area contributed by atoms with Crippen LogP contribution in [-0.2, 0) is 16.1 Å². The molecule has 1 N–H and O–H groups in total. The van der Waals surface area contributed by atoms with Crippen molar-refractivity contribution in [1.82, 2.24) is 15.1 Å². The van der Waals surface area contributed by atoms with E-state index >= 15 is 0 Å². The lowest BCUT2D eigenvalue weighted by Gasteiger charge is -2.25. The van der Waals surface area contributed by atoms with Gasteiger partial charge in [-0.2, -0.15) is 0 Å². The second kappa shape index (κ2) is 7.72. The van der Waals surface area contributed by atoms with Crippen LogP contribution in [0.15, 0.2) is 48.5 Å². The summed E-state index contributed by atoms with van der Waals surface area (Å²) in [7, 11) is 2.02. The summed E-state index contributed by atoms with van der Waals surface area (Å²) in [5, 5.41) is 2.81. The Kier molecular flexibility index (Phi) is 4.88. The number of nitrogens with one attached hydrogen (secondary N) is 1. The number of hydrogen-bond acceptors (Lipinski definition) is 4. The summed E-state index contributed by atoms with van der Waals surface area (Å²) in [6.45, 7) is 1.78. The van der Waals surface area contributed by atoms with Gasteiger partial charge in [-0.3, -0.25) is 14.4 Å². The minimum absolute atomic E-state index is 0.0733. The summed E-state index contributed by atoms with van der Waals surface area (Å²) < 4.78 is 0. The number of para-hydroxylation sites is 1. The van der Waals surface area contributed by atoms with Gasteiger partial charge in [0.1, 0.15) is 6.04 Å². The van der Waals surface area contributed by atoms with Crippen LogP contribution < -0.4 is 10.2 Å². The zero-order valence-corrected chi connectivity index (χ0v) is 17.6. The van der Waals surface area contributed by atoms with Gasteiger partial charge in [0.2, 0.25) is 11.8 Å². The van der Waals surface area contributed by atoms with Crippen LogP contribution in [-0.4, -0.2) is 60.2 Å². The molecule has 2 aromatic rings. The van der Waals surface area contributed by atoms with Crippen LogP contribution in [0, 0.1) is 0 Å². The lowest BCUT2D eigenvalue weighted by Crippen LogP contribution is -2.45. The number of hydrogen-bond donors (Lipinski definition) is 1. The Bertz CT molecular complexity index is 1050. The molecule has 0 aromatic heterocycles. The molecule has 1 atom stereocenters. The Hall–Kier alpha value is -3.35. The highest BCUT2D eigenvalue weighted by Crippen LogP contribution is 2.41. The van der Waals surface area contributed by atoms with E-state index in [-0.39, 0.29) is 30.3 Å². The summed E-state index contributed by atoms with van der Waals surface area (Å²) in [6, 6.07) is 14.8. The second-order valence-corrected chi connectivity index (χ2v) is 8.52. The maximum atomic E-state index is 13.1. The van der Waals surface area contributed by atoms with Crippen molar-refractivity contribution in [3.8, 4) is 0 Å². The molecule has 0 radical (unpaired) electrons. The molecule has 2 aromatic carbocycles. The normalized spacial score (nSPS) is 20.2. The van der Waals surface area contributed by atoms with E-state index in [4.69, 9.17) is 0 Å². The first kappa shape index (κ1) is 19.6. The quantitative estimate of drug-likeness (QED) is 0.824. The monoisotopic (exact) mass is 418 g/mol. The molecule has 7 nitrogen and oxygen atoms in total. The first-order valence-corrected chi connectivity index (χ1v) is 10.8. The lowest BCUT2D eigenvalue weighted by atomic mass is 10.0. The number of rotatable bonds is 4. The molecule has 0 saturated heterocycles. The fourth-order valence-electron chi connectivity index (χ4n) is 4.61. The largest absolute Gasteiger partial charge is 0.373 e. The maximum absolute atomic E-state index is 13.1. The van der Waals surface area contributed by atoms with Crippen LogP contribution in [0.1, 0.15) is 40.4 Å². The molecule has 7 heteroatoms. The van der Waals surface area contributed by atoms with Crippen LogP contribution >= 0.6 is 0 Å². The average molecular weight is 418 g/mol. The summed E-state index contributed by atoms with van der Waals surface area (Å²) in [5.74, 6) is -0.489. The molecular weight excluding hydrogens is 392 g/mol. The molecule has 160 valence electrons. The number of carbonyl (C=O) groups excluding carboxylic acids is 3. The van der Waals surface area contributed by atoms with Crippen molar-refractivity contribution in [1.29, 1.82) is 0 Å². The van der Waals surface area contributed by atoms with Crippen molar-refractivity contribution in [3.05, 3.63) is 65.2 Å². The van der Waals surface area contributed by atoms with Crippen molar-refractivity contribution in [2.45, 2.75) is 31.5 Å². The summed E-state index contributed by atoms with van der Waals surface area (Å²) in [4.78, 5) is 44.5. The third-order valence-electron chi connectivity index (χ3n) is 6.42. The van der Waals surface area contributed by atoms with Gasteiger partial charge in [0, 0.05) is 44.0 Å². The molecule has 1 fully saturated rings. The van der Waals surface area contributed by atoms with Gasteiger partial charge in [0.15, 0.2) is 0 Å². The zero-order chi connectivity index (χ0) is 21.5. The summed E-state index contributed by atoms with van der Waals surface area (Å²) >= 11 is 0. The topological polar surface area (TPSA) is 73.0 Å². The zero-order valence-electron chi connectivity index (χ0n) is 17.6. The minimum atomic E-state index is -0.653. The summed E-state index contributed by atoms with van der Waals surface area (Å²) in [6.07, 6.45) is 1.84. The second-order valence-electron chi connectivity index (χ2n) is 8.52.